The maximum absolute atomic E-state index is 12.8. The molecular weight excluding hydrogens is 318 g/mol. The zero-order valence-electron chi connectivity index (χ0n) is 14.9. The van der Waals surface area contributed by atoms with Crippen molar-refractivity contribution >= 4 is 17.3 Å². The van der Waals surface area contributed by atoms with Gasteiger partial charge >= 0.3 is 0 Å². The molecule has 25 heavy (non-hydrogen) atoms. The van der Waals surface area contributed by atoms with Crippen LogP contribution in [0.25, 0.3) is 0 Å². The molecule has 1 aromatic carbocycles. The molecule has 0 atom stereocenters. The molecule has 1 aromatic rings. The summed E-state index contributed by atoms with van der Waals surface area (Å²) in [5.74, 6) is -0.111. The van der Waals surface area contributed by atoms with E-state index in [9.17, 15) is 14.9 Å². The van der Waals surface area contributed by atoms with Gasteiger partial charge in [-0.1, -0.05) is 19.3 Å². The number of carbonyl (C=O) groups excluding carboxylic acids is 1. The predicted octanol–water partition coefficient (Wildman–Crippen LogP) is 3.99. The summed E-state index contributed by atoms with van der Waals surface area (Å²) in [6.45, 7) is 1.69. The Balaban J connectivity index is 1.82. The molecule has 1 amide bonds. The van der Waals surface area contributed by atoms with Gasteiger partial charge in [0.15, 0.2) is 0 Å². The molecule has 0 aromatic heterocycles. The first-order chi connectivity index (χ1) is 12.1. The van der Waals surface area contributed by atoms with Crippen molar-refractivity contribution < 1.29 is 9.72 Å². The summed E-state index contributed by atoms with van der Waals surface area (Å²) in [6.07, 6.45) is 8.87. The third-order valence-corrected chi connectivity index (χ3v) is 5.56. The molecule has 1 heterocycles. The van der Waals surface area contributed by atoms with Gasteiger partial charge in [0.05, 0.1) is 4.92 Å². The van der Waals surface area contributed by atoms with Gasteiger partial charge in [0.1, 0.15) is 5.69 Å². The van der Waals surface area contributed by atoms with Crippen molar-refractivity contribution in [3.63, 3.8) is 0 Å². The van der Waals surface area contributed by atoms with E-state index in [2.05, 4.69) is 4.90 Å². The van der Waals surface area contributed by atoms with E-state index in [1.807, 2.05) is 7.05 Å². The number of nitrogens with zero attached hydrogens (tertiary/aromatic N) is 3. The Morgan fingerprint density at radius 3 is 2.40 bits per heavy atom. The third kappa shape index (κ3) is 3.94. The monoisotopic (exact) mass is 345 g/mol. The zero-order chi connectivity index (χ0) is 17.8. The van der Waals surface area contributed by atoms with Crippen LogP contribution in [0.2, 0.25) is 0 Å². The Kier molecular flexibility index (Phi) is 5.56. The first-order valence-electron chi connectivity index (χ1n) is 9.38. The molecule has 6 heteroatoms. The molecule has 6 nitrogen and oxygen atoms in total. The summed E-state index contributed by atoms with van der Waals surface area (Å²) in [5, 5.41) is 11.6. The van der Waals surface area contributed by atoms with Crippen molar-refractivity contribution in [3.05, 3.63) is 33.9 Å². The summed E-state index contributed by atoms with van der Waals surface area (Å²) in [4.78, 5) is 27.8. The number of carbonyl (C=O) groups is 1. The largest absolute Gasteiger partial charge is 0.366 e. The molecule has 2 fully saturated rings. The molecular formula is C19H27N3O3. The zero-order valence-corrected chi connectivity index (χ0v) is 14.9. The standard InChI is InChI=1S/C19H27N3O3/c1-20(16-8-4-2-5-9-16)19(23)15-10-11-17(18(14-15)22(24)25)21-12-6-3-7-13-21/h10-11,14,16H,2-9,12-13H2,1H3. The van der Waals surface area contributed by atoms with Crippen LogP contribution in [0.5, 0.6) is 0 Å². The second-order valence-corrected chi connectivity index (χ2v) is 7.22. The van der Waals surface area contributed by atoms with E-state index in [-0.39, 0.29) is 22.6 Å². The van der Waals surface area contributed by atoms with E-state index in [0.717, 1.165) is 51.6 Å². The lowest BCUT2D eigenvalue weighted by Gasteiger charge is -2.31. The van der Waals surface area contributed by atoms with Crippen LogP contribution in [0.1, 0.15) is 61.7 Å². The van der Waals surface area contributed by atoms with Gasteiger partial charge in [-0.15, -0.1) is 0 Å². The van der Waals surface area contributed by atoms with Gasteiger partial charge in [0.2, 0.25) is 0 Å². The highest BCUT2D eigenvalue weighted by Crippen LogP contribution is 2.32. The topological polar surface area (TPSA) is 66.7 Å². The van der Waals surface area contributed by atoms with Crippen LogP contribution in [-0.2, 0) is 0 Å². The average molecular weight is 345 g/mol. The quantitative estimate of drug-likeness (QED) is 0.611. The fourth-order valence-electron chi connectivity index (χ4n) is 4.04. The summed E-state index contributed by atoms with van der Waals surface area (Å²) < 4.78 is 0. The molecule has 2 aliphatic rings. The fraction of sp³-hybridized carbons (Fsp3) is 0.632. The predicted molar refractivity (Wildman–Crippen MR) is 98.1 cm³/mol. The Bertz CT molecular complexity index is 635. The van der Waals surface area contributed by atoms with E-state index >= 15 is 0 Å². The van der Waals surface area contributed by atoms with Crippen LogP contribution < -0.4 is 4.90 Å². The molecule has 1 aliphatic heterocycles. The van der Waals surface area contributed by atoms with Gasteiger partial charge in [-0.25, -0.2) is 0 Å². The molecule has 0 radical (unpaired) electrons. The Morgan fingerprint density at radius 1 is 1.12 bits per heavy atom. The number of amides is 1. The molecule has 3 rings (SSSR count). The molecule has 1 saturated carbocycles. The number of benzene rings is 1. The van der Waals surface area contributed by atoms with Gasteiger partial charge in [-0.05, 0) is 44.2 Å². The van der Waals surface area contributed by atoms with Gasteiger partial charge < -0.3 is 9.80 Å². The van der Waals surface area contributed by atoms with E-state index in [1.54, 1.807) is 17.0 Å². The Hall–Kier alpha value is -2.11. The average Bonchev–Trinajstić information content (AvgIpc) is 2.67. The molecule has 1 aliphatic carbocycles. The maximum Gasteiger partial charge on any atom is 0.293 e. The minimum absolute atomic E-state index is 0.0461. The minimum atomic E-state index is -0.360. The lowest BCUT2D eigenvalue weighted by atomic mass is 9.94. The molecule has 0 bridgehead atoms. The van der Waals surface area contributed by atoms with Crippen molar-refractivity contribution in [2.24, 2.45) is 0 Å². The van der Waals surface area contributed by atoms with Crippen LogP contribution in [0.3, 0.4) is 0 Å². The second kappa shape index (κ2) is 7.85. The highest BCUT2D eigenvalue weighted by atomic mass is 16.6. The number of hydrogen-bond acceptors (Lipinski definition) is 4. The minimum Gasteiger partial charge on any atom is -0.366 e. The lowest BCUT2D eigenvalue weighted by Crippen LogP contribution is -2.38. The van der Waals surface area contributed by atoms with Crippen molar-refractivity contribution in [1.29, 1.82) is 0 Å². The summed E-state index contributed by atoms with van der Waals surface area (Å²) in [6, 6.07) is 5.22. The van der Waals surface area contributed by atoms with E-state index in [1.165, 1.54) is 18.9 Å². The lowest BCUT2D eigenvalue weighted by molar-refractivity contribution is -0.384. The molecule has 1 saturated heterocycles. The highest BCUT2D eigenvalue weighted by molar-refractivity contribution is 5.95. The fourth-order valence-corrected chi connectivity index (χ4v) is 4.04. The van der Waals surface area contributed by atoms with Crippen molar-refractivity contribution in [1.82, 2.24) is 4.90 Å². The van der Waals surface area contributed by atoms with Crippen molar-refractivity contribution in [3.8, 4) is 0 Å². The third-order valence-electron chi connectivity index (χ3n) is 5.56. The van der Waals surface area contributed by atoms with Crippen LogP contribution in [0.15, 0.2) is 18.2 Å². The number of hydrogen-bond donors (Lipinski definition) is 0. The van der Waals surface area contributed by atoms with Gasteiger partial charge in [-0.2, -0.15) is 0 Å². The Morgan fingerprint density at radius 2 is 1.76 bits per heavy atom. The second-order valence-electron chi connectivity index (χ2n) is 7.22. The molecule has 0 N–H and O–H groups in total. The van der Waals surface area contributed by atoms with Crippen LogP contribution in [0, 0.1) is 10.1 Å². The summed E-state index contributed by atoms with van der Waals surface area (Å²) in [5.41, 5.74) is 1.10. The highest BCUT2D eigenvalue weighted by Gasteiger charge is 2.27. The normalized spacial score (nSPS) is 18.8. The summed E-state index contributed by atoms with van der Waals surface area (Å²) in [7, 11) is 1.82. The Labute approximate surface area is 148 Å². The maximum atomic E-state index is 12.8. The van der Waals surface area contributed by atoms with Crippen LogP contribution in [-0.4, -0.2) is 41.9 Å². The SMILES string of the molecule is CN(C(=O)c1ccc(N2CCCCC2)c([N+](=O)[O-])c1)C1CCCCC1. The van der Waals surface area contributed by atoms with Crippen molar-refractivity contribution in [2.45, 2.75) is 57.4 Å². The number of nitro groups is 1. The molecule has 136 valence electrons. The van der Waals surface area contributed by atoms with Crippen LogP contribution in [0.4, 0.5) is 11.4 Å². The first kappa shape index (κ1) is 17.7. The number of piperidine rings is 1. The number of anilines is 1. The van der Waals surface area contributed by atoms with Crippen LogP contribution >= 0.6 is 0 Å². The van der Waals surface area contributed by atoms with Gasteiger partial charge in [0.25, 0.3) is 11.6 Å². The number of rotatable bonds is 4. The molecule has 0 spiro atoms. The first-order valence-corrected chi connectivity index (χ1v) is 9.38. The van der Waals surface area contributed by atoms with E-state index in [0.29, 0.717) is 11.3 Å². The van der Waals surface area contributed by atoms with Gasteiger partial charge in [0, 0.05) is 37.8 Å². The van der Waals surface area contributed by atoms with Crippen molar-refractivity contribution in [2.75, 3.05) is 25.0 Å². The molecule has 0 unspecified atom stereocenters. The summed E-state index contributed by atoms with van der Waals surface area (Å²) >= 11 is 0. The van der Waals surface area contributed by atoms with E-state index < -0.39 is 0 Å². The van der Waals surface area contributed by atoms with Gasteiger partial charge in [-0.3, -0.25) is 14.9 Å². The van der Waals surface area contributed by atoms with E-state index in [4.69, 9.17) is 0 Å². The smallest absolute Gasteiger partial charge is 0.293 e. The number of nitro benzene ring substituents is 1.